The summed E-state index contributed by atoms with van der Waals surface area (Å²) in [5.41, 5.74) is 0. The molecular formula is C59H104O16P2. The van der Waals surface area contributed by atoms with Gasteiger partial charge in [-0.05, 0) is 83.5 Å². The van der Waals surface area contributed by atoms with Gasteiger partial charge in [-0.15, -0.1) is 0 Å². The van der Waals surface area contributed by atoms with Gasteiger partial charge in [0, 0.05) is 19.3 Å². The summed E-state index contributed by atoms with van der Waals surface area (Å²) in [5.74, 6) is -1.61. The van der Waals surface area contributed by atoms with Crippen molar-refractivity contribution in [2.24, 2.45) is 0 Å². The maximum atomic E-state index is 12.8. The lowest BCUT2D eigenvalue weighted by Crippen LogP contribution is -2.30. The lowest BCUT2D eigenvalue weighted by atomic mass is 10.1. The van der Waals surface area contributed by atoms with Crippen molar-refractivity contribution < 1.29 is 75.8 Å². The van der Waals surface area contributed by atoms with Crippen molar-refractivity contribution in [3.8, 4) is 0 Å². The predicted molar refractivity (Wildman–Crippen MR) is 307 cm³/mol. The van der Waals surface area contributed by atoms with Crippen molar-refractivity contribution in [2.45, 2.75) is 245 Å². The Balaban J connectivity index is 4.69. The van der Waals surface area contributed by atoms with E-state index >= 15 is 0 Å². The Morgan fingerprint density at radius 2 is 0.688 bits per heavy atom. The highest BCUT2D eigenvalue weighted by Crippen LogP contribution is 2.45. The van der Waals surface area contributed by atoms with Crippen LogP contribution in [0.4, 0.5) is 0 Å². The molecular weight excluding hydrogens is 1030 g/mol. The first-order valence-electron chi connectivity index (χ1n) is 29.2. The number of carbonyl (C=O) groups is 3. The summed E-state index contributed by atoms with van der Waals surface area (Å²) in [4.78, 5) is 58.0. The highest BCUT2D eigenvalue weighted by molar-refractivity contribution is 7.47. The number of unbranched alkanes of at least 4 members (excludes halogenated alkanes) is 20. The molecule has 0 rings (SSSR count). The van der Waals surface area contributed by atoms with Crippen molar-refractivity contribution in [1.82, 2.24) is 0 Å². The van der Waals surface area contributed by atoms with Crippen molar-refractivity contribution >= 4 is 33.6 Å². The topological polar surface area (TPSA) is 231 Å². The summed E-state index contributed by atoms with van der Waals surface area (Å²) < 4.78 is 60.5. The number of phosphoric acid groups is 2. The average Bonchev–Trinajstić information content (AvgIpc) is 3.40. The van der Waals surface area contributed by atoms with E-state index in [-0.39, 0.29) is 19.3 Å². The fourth-order valence-electron chi connectivity index (χ4n) is 7.48. The number of aliphatic hydroxyl groups is 2. The molecule has 0 amide bonds. The molecule has 0 saturated heterocycles. The molecule has 0 heterocycles. The first-order chi connectivity index (χ1) is 37.2. The van der Waals surface area contributed by atoms with Crippen LogP contribution in [0, 0.1) is 0 Å². The Hall–Kier alpha value is -3.01. The highest BCUT2D eigenvalue weighted by atomic mass is 31.2. The van der Waals surface area contributed by atoms with Gasteiger partial charge in [-0.2, -0.15) is 0 Å². The monoisotopic (exact) mass is 1130 g/mol. The molecule has 5 atom stereocenters. The van der Waals surface area contributed by atoms with Gasteiger partial charge in [0.25, 0.3) is 0 Å². The van der Waals surface area contributed by atoms with Crippen LogP contribution in [0.25, 0.3) is 0 Å². The standard InChI is InChI=1S/C59H104O16P2/c1-4-7-10-13-16-19-22-24-26-28-31-33-36-39-42-45-57(62)69-48-54(60)49-71-76(65,66)72-50-55(61)51-73-77(67,68)74-53-56(75-59(64)47-44-41-38-35-30-21-18-15-12-9-6-3)52-70-58(63)46-43-40-37-34-32-29-27-25-23-20-17-14-11-8-5-2/h7-8,10-11,16-17,19-20,24-27,54-56,60-61H,4-6,9,12-15,18,21-23,28-53H2,1-3H3,(H,65,66)(H,67,68)/b10-7-,11-8-,19-16-,20-17-,26-24-,27-25-. The zero-order chi connectivity index (χ0) is 56.8. The van der Waals surface area contributed by atoms with Crippen LogP contribution in [-0.2, 0) is 55.8 Å². The summed E-state index contributed by atoms with van der Waals surface area (Å²) in [6.07, 6.45) is 51.2. The third-order valence-electron chi connectivity index (χ3n) is 11.9. The molecule has 0 aliphatic carbocycles. The van der Waals surface area contributed by atoms with Crippen LogP contribution >= 0.6 is 15.6 Å². The first kappa shape index (κ1) is 74.0. The molecule has 4 N–H and O–H groups in total. The van der Waals surface area contributed by atoms with E-state index in [1.54, 1.807) is 0 Å². The number of allylic oxidation sites excluding steroid dienone is 12. The van der Waals surface area contributed by atoms with Crippen molar-refractivity contribution in [3.63, 3.8) is 0 Å². The summed E-state index contributed by atoms with van der Waals surface area (Å²) in [6, 6.07) is 0. The summed E-state index contributed by atoms with van der Waals surface area (Å²) in [5, 5.41) is 20.4. The average molecular weight is 1130 g/mol. The lowest BCUT2D eigenvalue weighted by molar-refractivity contribution is -0.161. The van der Waals surface area contributed by atoms with Crippen LogP contribution in [0.2, 0.25) is 0 Å². The van der Waals surface area contributed by atoms with E-state index in [2.05, 4.69) is 93.7 Å². The van der Waals surface area contributed by atoms with E-state index in [4.69, 9.17) is 32.3 Å². The van der Waals surface area contributed by atoms with Gasteiger partial charge in [0.1, 0.15) is 25.4 Å². The van der Waals surface area contributed by atoms with E-state index in [9.17, 15) is 43.5 Å². The molecule has 0 saturated carbocycles. The first-order valence-corrected chi connectivity index (χ1v) is 32.2. The third kappa shape index (κ3) is 54.7. The summed E-state index contributed by atoms with van der Waals surface area (Å²) in [7, 11) is -9.76. The molecule has 0 spiro atoms. The maximum Gasteiger partial charge on any atom is 0.472 e. The van der Waals surface area contributed by atoms with Crippen LogP contribution in [0.1, 0.15) is 226 Å². The lowest BCUT2D eigenvalue weighted by Gasteiger charge is -2.21. The molecule has 446 valence electrons. The van der Waals surface area contributed by atoms with Crippen LogP contribution < -0.4 is 0 Å². The van der Waals surface area contributed by atoms with E-state index in [0.717, 1.165) is 128 Å². The van der Waals surface area contributed by atoms with Gasteiger partial charge in [0.15, 0.2) is 6.10 Å². The van der Waals surface area contributed by atoms with Gasteiger partial charge in [-0.1, -0.05) is 196 Å². The zero-order valence-corrected chi connectivity index (χ0v) is 49.4. The summed E-state index contributed by atoms with van der Waals surface area (Å²) >= 11 is 0. The summed E-state index contributed by atoms with van der Waals surface area (Å²) in [6.45, 7) is 2.37. The van der Waals surface area contributed by atoms with Crippen LogP contribution in [0.15, 0.2) is 72.9 Å². The van der Waals surface area contributed by atoms with E-state index in [0.29, 0.717) is 19.3 Å². The molecule has 18 heteroatoms. The Morgan fingerprint density at radius 1 is 0.377 bits per heavy atom. The number of carbonyl (C=O) groups excluding carboxylic acids is 3. The second-order valence-electron chi connectivity index (χ2n) is 19.4. The predicted octanol–water partition coefficient (Wildman–Crippen LogP) is 14.9. The van der Waals surface area contributed by atoms with Crippen LogP contribution in [0.3, 0.4) is 0 Å². The van der Waals surface area contributed by atoms with Gasteiger partial charge < -0.3 is 34.2 Å². The molecule has 0 aromatic carbocycles. The number of phosphoric ester groups is 2. The normalized spacial score (nSPS) is 15.1. The molecule has 0 aliphatic rings. The smallest absolute Gasteiger partial charge is 0.463 e. The molecule has 0 bridgehead atoms. The minimum absolute atomic E-state index is 0.103. The Labute approximate surface area is 464 Å². The number of esters is 3. The van der Waals surface area contributed by atoms with Gasteiger partial charge in [-0.25, -0.2) is 9.13 Å². The minimum Gasteiger partial charge on any atom is -0.463 e. The number of ether oxygens (including phenoxy) is 3. The van der Waals surface area contributed by atoms with E-state index in [1.165, 1.54) is 38.5 Å². The van der Waals surface area contributed by atoms with E-state index in [1.807, 2.05) is 0 Å². The Morgan fingerprint density at radius 3 is 1.09 bits per heavy atom. The second kappa shape index (κ2) is 53.6. The molecule has 5 unspecified atom stereocenters. The highest BCUT2D eigenvalue weighted by Gasteiger charge is 2.29. The number of aliphatic hydroxyl groups excluding tert-OH is 2. The molecule has 0 aromatic heterocycles. The number of rotatable bonds is 55. The molecule has 0 radical (unpaired) electrons. The molecule has 0 aliphatic heterocycles. The number of hydrogen-bond acceptors (Lipinski definition) is 14. The molecule has 0 fully saturated rings. The van der Waals surface area contributed by atoms with Gasteiger partial charge in [0.2, 0.25) is 0 Å². The maximum absolute atomic E-state index is 12.8. The van der Waals surface area contributed by atoms with Gasteiger partial charge in [-0.3, -0.25) is 32.5 Å². The zero-order valence-electron chi connectivity index (χ0n) is 47.6. The van der Waals surface area contributed by atoms with E-state index < -0.39 is 91.5 Å². The van der Waals surface area contributed by atoms with Crippen LogP contribution in [-0.4, -0.2) is 95.9 Å². The molecule has 77 heavy (non-hydrogen) atoms. The van der Waals surface area contributed by atoms with Gasteiger partial charge >= 0.3 is 33.6 Å². The van der Waals surface area contributed by atoms with Crippen molar-refractivity contribution in [1.29, 1.82) is 0 Å². The SMILES string of the molecule is CC/C=C\C/C=C\C/C=C\CCCCCCCC(=O)OCC(O)COP(=O)(O)OCC(O)COP(=O)(O)OCC(COC(=O)CCCCCCC/C=C\C/C=C\C/C=C\CC)OC(=O)CCCCCCCCCCCCC. The van der Waals surface area contributed by atoms with Crippen LogP contribution in [0.5, 0.6) is 0 Å². The molecule has 0 aromatic rings. The van der Waals surface area contributed by atoms with Crippen molar-refractivity contribution in [3.05, 3.63) is 72.9 Å². The minimum atomic E-state index is -4.91. The largest absolute Gasteiger partial charge is 0.472 e. The fraction of sp³-hybridized carbons (Fsp3) is 0.746. The second-order valence-corrected chi connectivity index (χ2v) is 22.3. The quantitative estimate of drug-likeness (QED) is 0.0146. The van der Waals surface area contributed by atoms with Crippen molar-refractivity contribution in [2.75, 3.05) is 39.6 Å². The third-order valence-corrected chi connectivity index (χ3v) is 13.8. The number of hydrogen-bond donors (Lipinski definition) is 4. The fourth-order valence-corrected chi connectivity index (χ4v) is 9.06. The Bertz CT molecular complexity index is 1710. The molecule has 16 nitrogen and oxygen atoms in total. The Kier molecular flexibility index (Phi) is 51.5. The van der Waals surface area contributed by atoms with Gasteiger partial charge in [0.05, 0.1) is 26.4 Å².